The van der Waals surface area contributed by atoms with Gasteiger partial charge in [0.2, 0.25) is 5.91 Å². The molecule has 34 heavy (non-hydrogen) atoms. The van der Waals surface area contributed by atoms with Crippen molar-refractivity contribution in [1.82, 2.24) is 24.5 Å². The Kier molecular flexibility index (Phi) is 6.92. The van der Waals surface area contributed by atoms with E-state index in [0.717, 1.165) is 17.1 Å². The summed E-state index contributed by atoms with van der Waals surface area (Å²) < 4.78 is 9.34. The average molecular weight is 479 g/mol. The molecule has 0 aliphatic rings. The number of rotatable bonds is 8. The lowest BCUT2D eigenvalue weighted by Crippen LogP contribution is -2.18. The fourth-order valence-electron chi connectivity index (χ4n) is 3.56. The number of nitrogens with one attached hydrogen (secondary N) is 1. The molecule has 0 aliphatic heterocycles. The van der Waals surface area contributed by atoms with E-state index < -0.39 is 0 Å². The number of benzene rings is 1. The first-order chi connectivity index (χ1) is 16.2. The van der Waals surface area contributed by atoms with Gasteiger partial charge in [0.25, 0.3) is 0 Å². The molecule has 4 rings (SSSR count). The van der Waals surface area contributed by atoms with Gasteiger partial charge in [-0.1, -0.05) is 56.8 Å². The maximum absolute atomic E-state index is 12.6. The van der Waals surface area contributed by atoms with Crippen LogP contribution in [-0.4, -0.2) is 36.2 Å². The molecule has 1 aromatic carbocycles. The van der Waals surface area contributed by atoms with Crippen molar-refractivity contribution < 1.29 is 9.21 Å². The lowest BCUT2D eigenvalue weighted by atomic mass is 9.87. The van der Waals surface area contributed by atoms with Crippen molar-refractivity contribution in [3.8, 4) is 11.4 Å². The zero-order valence-electron chi connectivity index (χ0n) is 20.1. The summed E-state index contributed by atoms with van der Waals surface area (Å²) in [6, 6.07) is 14.1. The van der Waals surface area contributed by atoms with E-state index in [1.54, 1.807) is 23.2 Å². The summed E-state index contributed by atoms with van der Waals surface area (Å²) in [6.45, 7) is 11.1. The van der Waals surface area contributed by atoms with Crippen LogP contribution >= 0.6 is 11.8 Å². The number of thioether (sulfide) groups is 1. The Morgan fingerprint density at radius 2 is 1.88 bits per heavy atom. The molecule has 0 spiro atoms. The van der Waals surface area contributed by atoms with Crippen LogP contribution < -0.4 is 5.32 Å². The average Bonchev–Trinajstić information content (AvgIpc) is 3.54. The molecule has 0 radical (unpaired) electrons. The smallest absolute Gasteiger partial charge is 0.235 e. The molecular weight excluding hydrogens is 448 g/mol. The number of amides is 1. The van der Waals surface area contributed by atoms with Crippen LogP contribution in [0.5, 0.6) is 0 Å². The van der Waals surface area contributed by atoms with Gasteiger partial charge in [-0.05, 0) is 37.0 Å². The normalized spacial score (nSPS) is 11.8. The van der Waals surface area contributed by atoms with Crippen LogP contribution in [0, 0.1) is 0 Å². The van der Waals surface area contributed by atoms with E-state index in [1.165, 1.54) is 17.3 Å². The summed E-state index contributed by atoms with van der Waals surface area (Å²) in [5.41, 5.74) is 2.28. The van der Waals surface area contributed by atoms with Crippen LogP contribution in [0.25, 0.3) is 11.4 Å². The van der Waals surface area contributed by atoms with E-state index in [1.807, 2.05) is 30.5 Å². The van der Waals surface area contributed by atoms with Crippen LogP contribution in [0.1, 0.15) is 52.0 Å². The van der Waals surface area contributed by atoms with Crippen molar-refractivity contribution in [3.63, 3.8) is 0 Å². The lowest BCUT2D eigenvalue weighted by Gasteiger charge is -2.19. The molecule has 1 N–H and O–H groups in total. The summed E-state index contributed by atoms with van der Waals surface area (Å²) in [5, 5.41) is 16.7. The van der Waals surface area contributed by atoms with E-state index >= 15 is 0 Å². The minimum absolute atomic E-state index is 0.0691. The molecule has 1 amide bonds. The molecule has 0 atom stereocenters. The van der Waals surface area contributed by atoms with Gasteiger partial charge in [0.05, 0.1) is 24.8 Å². The molecule has 0 aliphatic carbocycles. The Bertz CT molecular complexity index is 1230. The molecule has 3 aromatic heterocycles. The number of carbonyl (C=O) groups is 1. The van der Waals surface area contributed by atoms with E-state index in [2.05, 4.69) is 65.6 Å². The molecule has 4 aromatic rings. The molecule has 9 heteroatoms. The van der Waals surface area contributed by atoms with Gasteiger partial charge in [0.15, 0.2) is 11.0 Å². The van der Waals surface area contributed by atoms with Crippen LogP contribution in [0.4, 0.5) is 5.82 Å². The maximum Gasteiger partial charge on any atom is 0.235 e. The fraction of sp³-hybridized carbons (Fsp3) is 0.360. The van der Waals surface area contributed by atoms with Gasteiger partial charge in [-0.15, -0.1) is 10.2 Å². The Morgan fingerprint density at radius 3 is 2.53 bits per heavy atom. The second-order valence-corrected chi connectivity index (χ2v) is 10.3. The highest BCUT2D eigenvalue weighted by Crippen LogP contribution is 2.28. The Balaban J connectivity index is 1.54. The van der Waals surface area contributed by atoms with E-state index in [0.29, 0.717) is 17.5 Å². The van der Waals surface area contributed by atoms with Gasteiger partial charge >= 0.3 is 0 Å². The maximum atomic E-state index is 12.6. The number of hydrogen-bond donors (Lipinski definition) is 1. The summed E-state index contributed by atoms with van der Waals surface area (Å²) in [4.78, 5) is 12.6. The molecule has 0 fully saturated rings. The number of furan rings is 1. The second kappa shape index (κ2) is 9.89. The van der Waals surface area contributed by atoms with Crippen molar-refractivity contribution in [1.29, 1.82) is 0 Å². The first-order valence-corrected chi connectivity index (χ1v) is 12.2. The van der Waals surface area contributed by atoms with Crippen molar-refractivity contribution in [2.45, 2.75) is 57.8 Å². The SMILES string of the molecule is CC(C)n1nccc1NC(=O)CSc1nnc(-c2ccc(C(C)(C)C)cc2)n1Cc1ccco1. The van der Waals surface area contributed by atoms with Gasteiger partial charge in [-0.25, -0.2) is 4.68 Å². The Morgan fingerprint density at radius 1 is 1.12 bits per heavy atom. The minimum Gasteiger partial charge on any atom is -0.467 e. The third-order valence-corrected chi connectivity index (χ3v) is 6.35. The molecule has 0 saturated heterocycles. The lowest BCUT2D eigenvalue weighted by molar-refractivity contribution is -0.113. The van der Waals surface area contributed by atoms with Crippen LogP contribution in [0.15, 0.2) is 64.5 Å². The first-order valence-electron chi connectivity index (χ1n) is 11.2. The first kappa shape index (κ1) is 23.8. The Hall–Kier alpha value is -3.33. The standard InChI is InChI=1S/C25H30N6O2S/c1-17(2)31-21(12-13-26-31)27-22(32)16-34-24-29-28-23(30(24)15-20-7-6-14-33-20)18-8-10-19(11-9-18)25(3,4)5/h6-14,17H,15-16H2,1-5H3,(H,27,32). The quantitative estimate of drug-likeness (QED) is 0.341. The zero-order valence-corrected chi connectivity index (χ0v) is 21.0. The highest BCUT2D eigenvalue weighted by atomic mass is 32.2. The number of aromatic nitrogens is 5. The predicted molar refractivity (Wildman–Crippen MR) is 134 cm³/mol. The summed E-state index contributed by atoms with van der Waals surface area (Å²) in [6.07, 6.45) is 3.33. The van der Waals surface area contributed by atoms with Gasteiger partial charge in [-0.3, -0.25) is 9.36 Å². The Labute approximate surface area is 203 Å². The van der Waals surface area contributed by atoms with Crippen molar-refractivity contribution in [2.24, 2.45) is 0 Å². The van der Waals surface area contributed by atoms with Crippen molar-refractivity contribution in [2.75, 3.05) is 11.1 Å². The summed E-state index contributed by atoms with van der Waals surface area (Å²) >= 11 is 1.34. The molecule has 0 unspecified atom stereocenters. The van der Waals surface area contributed by atoms with Crippen LogP contribution in [0.3, 0.4) is 0 Å². The van der Waals surface area contributed by atoms with Gasteiger partial charge in [0.1, 0.15) is 11.6 Å². The van der Waals surface area contributed by atoms with Crippen molar-refractivity contribution in [3.05, 3.63) is 66.2 Å². The van der Waals surface area contributed by atoms with Crippen LogP contribution in [0.2, 0.25) is 0 Å². The van der Waals surface area contributed by atoms with Gasteiger partial charge in [-0.2, -0.15) is 5.10 Å². The monoisotopic (exact) mass is 478 g/mol. The van der Waals surface area contributed by atoms with E-state index in [4.69, 9.17) is 4.42 Å². The number of nitrogens with zero attached hydrogens (tertiary/aromatic N) is 5. The predicted octanol–water partition coefficient (Wildman–Crippen LogP) is 5.39. The molecule has 0 saturated carbocycles. The van der Waals surface area contributed by atoms with Gasteiger partial charge < -0.3 is 9.73 Å². The largest absolute Gasteiger partial charge is 0.467 e. The molecule has 178 valence electrons. The molecular formula is C25H30N6O2S. The zero-order chi connectivity index (χ0) is 24.3. The second-order valence-electron chi connectivity index (χ2n) is 9.39. The highest BCUT2D eigenvalue weighted by Gasteiger charge is 2.19. The fourth-order valence-corrected chi connectivity index (χ4v) is 4.30. The number of hydrogen-bond acceptors (Lipinski definition) is 6. The number of carbonyl (C=O) groups excluding carboxylic acids is 1. The molecule has 8 nitrogen and oxygen atoms in total. The van der Waals surface area contributed by atoms with Crippen molar-refractivity contribution >= 4 is 23.5 Å². The topological polar surface area (TPSA) is 90.8 Å². The molecule has 3 heterocycles. The minimum atomic E-state index is -0.129. The number of anilines is 1. The van der Waals surface area contributed by atoms with E-state index in [9.17, 15) is 4.79 Å². The summed E-state index contributed by atoms with van der Waals surface area (Å²) in [5.74, 6) is 2.27. The van der Waals surface area contributed by atoms with Gasteiger partial charge in [0, 0.05) is 17.7 Å². The summed E-state index contributed by atoms with van der Waals surface area (Å²) in [7, 11) is 0. The van der Waals surface area contributed by atoms with Crippen LogP contribution in [-0.2, 0) is 16.8 Å². The van der Waals surface area contributed by atoms with E-state index in [-0.39, 0.29) is 23.1 Å². The third kappa shape index (κ3) is 5.41. The third-order valence-electron chi connectivity index (χ3n) is 5.38. The molecule has 0 bridgehead atoms. The highest BCUT2D eigenvalue weighted by molar-refractivity contribution is 7.99.